The molecule has 0 spiro atoms. The average Bonchev–Trinajstić information content (AvgIpc) is 3.19. The van der Waals surface area contributed by atoms with Gasteiger partial charge in [0.1, 0.15) is 5.82 Å². The summed E-state index contributed by atoms with van der Waals surface area (Å²) in [4.78, 5) is 7.47. The molecule has 2 heterocycles. The van der Waals surface area contributed by atoms with E-state index in [0.29, 0.717) is 5.92 Å². The molecule has 2 nitrogen and oxygen atoms in total. The number of aromatic amines is 1. The second-order valence-corrected chi connectivity index (χ2v) is 5.16. The Morgan fingerprint density at radius 2 is 2.11 bits per heavy atom. The van der Waals surface area contributed by atoms with Crippen molar-refractivity contribution < 1.29 is 4.39 Å². The first-order valence-electron chi connectivity index (χ1n) is 6.54. The second kappa shape index (κ2) is 3.92. The Labute approximate surface area is 110 Å². The van der Waals surface area contributed by atoms with Crippen LogP contribution in [0.4, 0.5) is 4.39 Å². The smallest absolute Gasteiger partial charge is 0.127 e. The number of rotatable bonds is 2. The predicted octanol–water partition coefficient (Wildman–Crippen LogP) is 4.25. The molecule has 94 valence electrons. The van der Waals surface area contributed by atoms with E-state index in [1.165, 1.54) is 0 Å². The molecule has 1 N–H and O–H groups in total. The van der Waals surface area contributed by atoms with E-state index in [0.717, 1.165) is 40.6 Å². The molecule has 2 aromatic heterocycles. The van der Waals surface area contributed by atoms with Crippen LogP contribution >= 0.6 is 0 Å². The van der Waals surface area contributed by atoms with E-state index in [9.17, 15) is 4.39 Å². The zero-order valence-corrected chi connectivity index (χ0v) is 10.4. The Balaban J connectivity index is 1.87. The maximum atomic E-state index is 14.0. The normalized spacial score (nSPS) is 15.0. The fraction of sp³-hybridized carbons (Fsp3) is 0.188. The molecule has 0 unspecified atom stereocenters. The van der Waals surface area contributed by atoms with Gasteiger partial charge in [-0.25, -0.2) is 4.39 Å². The number of hydrogen-bond donors (Lipinski definition) is 1. The van der Waals surface area contributed by atoms with Crippen molar-refractivity contribution in [1.29, 1.82) is 0 Å². The number of halogens is 1. The predicted molar refractivity (Wildman–Crippen MR) is 73.5 cm³/mol. The van der Waals surface area contributed by atoms with Gasteiger partial charge in [-0.1, -0.05) is 0 Å². The third-order valence-corrected chi connectivity index (χ3v) is 3.73. The number of hydrogen-bond acceptors (Lipinski definition) is 1. The van der Waals surface area contributed by atoms with Gasteiger partial charge in [0.2, 0.25) is 0 Å². The lowest BCUT2D eigenvalue weighted by Crippen LogP contribution is -1.86. The van der Waals surface area contributed by atoms with Crippen LogP contribution in [-0.2, 0) is 0 Å². The fourth-order valence-electron chi connectivity index (χ4n) is 2.55. The molecule has 4 rings (SSSR count). The van der Waals surface area contributed by atoms with E-state index in [1.807, 2.05) is 30.5 Å². The van der Waals surface area contributed by atoms with Gasteiger partial charge >= 0.3 is 0 Å². The van der Waals surface area contributed by atoms with Crippen molar-refractivity contribution in [3.05, 3.63) is 54.1 Å². The molecule has 0 bridgehead atoms. The summed E-state index contributed by atoms with van der Waals surface area (Å²) in [5.41, 5.74) is 3.86. The summed E-state index contributed by atoms with van der Waals surface area (Å²) in [6.45, 7) is 0. The number of aromatic nitrogens is 2. The van der Waals surface area contributed by atoms with Crippen molar-refractivity contribution in [2.75, 3.05) is 0 Å². The Bertz CT molecular complexity index is 742. The largest absolute Gasteiger partial charge is 0.354 e. The van der Waals surface area contributed by atoms with E-state index in [2.05, 4.69) is 9.97 Å². The van der Waals surface area contributed by atoms with Gasteiger partial charge in [0.15, 0.2) is 0 Å². The number of pyridine rings is 1. The minimum Gasteiger partial charge on any atom is -0.354 e. The van der Waals surface area contributed by atoms with Crippen molar-refractivity contribution in [3.8, 4) is 11.3 Å². The van der Waals surface area contributed by atoms with Crippen LogP contribution in [0.5, 0.6) is 0 Å². The van der Waals surface area contributed by atoms with Gasteiger partial charge in [0.05, 0.1) is 0 Å². The fourth-order valence-corrected chi connectivity index (χ4v) is 2.55. The highest BCUT2D eigenvalue weighted by Gasteiger charge is 2.27. The van der Waals surface area contributed by atoms with Crippen molar-refractivity contribution in [2.24, 2.45) is 0 Å². The van der Waals surface area contributed by atoms with Gasteiger partial charge < -0.3 is 4.98 Å². The molecule has 0 radical (unpaired) electrons. The van der Waals surface area contributed by atoms with Gasteiger partial charge in [-0.15, -0.1) is 0 Å². The highest BCUT2D eigenvalue weighted by molar-refractivity contribution is 5.86. The van der Waals surface area contributed by atoms with Crippen molar-refractivity contribution in [2.45, 2.75) is 18.8 Å². The standard InChI is InChI=1S/C16H13FN2/c17-14-6-12-7-15(11-2-1-5-18-9-11)19-16(12)8-13(14)10-3-4-10/h1-2,5-10,19H,3-4H2. The number of nitrogens with one attached hydrogen (secondary N) is 1. The second-order valence-electron chi connectivity index (χ2n) is 5.16. The topological polar surface area (TPSA) is 28.7 Å². The number of benzene rings is 1. The highest BCUT2D eigenvalue weighted by atomic mass is 19.1. The summed E-state index contributed by atoms with van der Waals surface area (Å²) in [6, 6.07) is 9.47. The molecule has 3 heteroatoms. The summed E-state index contributed by atoms with van der Waals surface area (Å²) in [5, 5.41) is 0.917. The molecule has 1 aromatic carbocycles. The lowest BCUT2D eigenvalue weighted by atomic mass is 10.1. The Morgan fingerprint density at radius 1 is 1.21 bits per heavy atom. The maximum absolute atomic E-state index is 14.0. The van der Waals surface area contributed by atoms with Crippen LogP contribution in [0.15, 0.2) is 42.7 Å². The molecule has 0 aliphatic heterocycles. The van der Waals surface area contributed by atoms with Gasteiger partial charge in [-0.05, 0) is 54.7 Å². The van der Waals surface area contributed by atoms with Gasteiger partial charge in [-0.3, -0.25) is 4.98 Å². The zero-order valence-electron chi connectivity index (χ0n) is 10.4. The van der Waals surface area contributed by atoms with Crippen molar-refractivity contribution in [1.82, 2.24) is 9.97 Å². The summed E-state index contributed by atoms with van der Waals surface area (Å²) < 4.78 is 14.0. The van der Waals surface area contributed by atoms with E-state index in [1.54, 1.807) is 12.3 Å². The maximum Gasteiger partial charge on any atom is 0.127 e. The van der Waals surface area contributed by atoms with Crippen LogP contribution in [0, 0.1) is 5.82 Å². The summed E-state index contributed by atoms with van der Waals surface area (Å²) in [7, 11) is 0. The van der Waals surface area contributed by atoms with E-state index < -0.39 is 0 Å². The first-order valence-corrected chi connectivity index (χ1v) is 6.54. The van der Waals surface area contributed by atoms with Crippen LogP contribution < -0.4 is 0 Å². The lowest BCUT2D eigenvalue weighted by Gasteiger charge is -2.00. The third kappa shape index (κ3) is 1.82. The van der Waals surface area contributed by atoms with E-state index in [4.69, 9.17) is 0 Å². The first kappa shape index (κ1) is 10.7. The van der Waals surface area contributed by atoms with Gasteiger partial charge in [0, 0.05) is 34.6 Å². The third-order valence-electron chi connectivity index (χ3n) is 3.73. The molecular weight excluding hydrogens is 239 g/mol. The van der Waals surface area contributed by atoms with Crippen LogP contribution in [0.25, 0.3) is 22.2 Å². The number of fused-ring (bicyclic) bond motifs is 1. The van der Waals surface area contributed by atoms with Crippen LogP contribution in [-0.4, -0.2) is 9.97 Å². The molecule has 0 amide bonds. The Morgan fingerprint density at radius 3 is 2.84 bits per heavy atom. The lowest BCUT2D eigenvalue weighted by molar-refractivity contribution is 0.613. The minimum absolute atomic E-state index is 0.0771. The monoisotopic (exact) mass is 252 g/mol. The number of nitrogens with zero attached hydrogens (tertiary/aromatic N) is 1. The summed E-state index contributed by atoms with van der Waals surface area (Å²) >= 11 is 0. The highest BCUT2D eigenvalue weighted by Crippen LogP contribution is 2.42. The SMILES string of the molecule is Fc1cc2cc(-c3cccnc3)[nH]c2cc1C1CC1. The molecular formula is C16H13FN2. The minimum atomic E-state index is -0.0771. The molecule has 1 fully saturated rings. The van der Waals surface area contributed by atoms with E-state index >= 15 is 0 Å². The average molecular weight is 252 g/mol. The van der Waals surface area contributed by atoms with Crippen molar-refractivity contribution in [3.63, 3.8) is 0 Å². The summed E-state index contributed by atoms with van der Waals surface area (Å²) in [6.07, 6.45) is 5.77. The van der Waals surface area contributed by atoms with Gasteiger partial charge in [-0.2, -0.15) is 0 Å². The van der Waals surface area contributed by atoms with Crippen molar-refractivity contribution >= 4 is 10.9 Å². The van der Waals surface area contributed by atoms with E-state index in [-0.39, 0.29) is 5.82 Å². The van der Waals surface area contributed by atoms with Gasteiger partial charge in [0.25, 0.3) is 0 Å². The molecule has 1 aliphatic carbocycles. The molecule has 3 aromatic rings. The van der Waals surface area contributed by atoms with Crippen LogP contribution in [0.3, 0.4) is 0 Å². The first-order chi connectivity index (χ1) is 9.31. The Kier molecular flexibility index (Phi) is 2.21. The molecule has 0 atom stereocenters. The number of H-pyrrole nitrogens is 1. The molecule has 0 saturated heterocycles. The molecule has 1 saturated carbocycles. The quantitative estimate of drug-likeness (QED) is 0.725. The molecule has 1 aliphatic rings. The summed E-state index contributed by atoms with van der Waals surface area (Å²) in [5.74, 6) is 0.348. The zero-order chi connectivity index (χ0) is 12.8. The van der Waals surface area contributed by atoms with Crippen LogP contribution in [0.2, 0.25) is 0 Å². The molecule has 19 heavy (non-hydrogen) atoms. The Hall–Kier alpha value is -2.16. The van der Waals surface area contributed by atoms with Crippen LogP contribution in [0.1, 0.15) is 24.3 Å².